The monoisotopic (exact) mass is 355 g/mol. The van der Waals surface area contributed by atoms with Crippen LogP contribution in [-0.2, 0) is 4.79 Å². The molecule has 7 nitrogen and oxygen atoms in total. The van der Waals surface area contributed by atoms with E-state index in [1.54, 1.807) is 12.1 Å². The quantitative estimate of drug-likeness (QED) is 0.660. The lowest BCUT2D eigenvalue weighted by Crippen LogP contribution is -2.48. The zero-order valence-corrected chi connectivity index (χ0v) is 14.2. The minimum Gasteiger partial charge on any atom is -0.490 e. The molecule has 0 saturated carbocycles. The zero-order valence-electron chi connectivity index (χ0n) is 13.3. The Hall–Kier alpha value is -1.86. The Bertz CT molecular complexity index is 567. The van der Waals surface area contributed by atoms with Crippen molar-refractivity contribution >= 4 is 24.0 Å². The van der Waals surface area contributed by atoms with Crippen LogP contribution in [0.1, 0.15) is 25.7 Å². The van der Waals surface area contributed by atoms with Crippen LogP contribution in [-0.4, -0.2) is 47.5 Å². The molecular formula is C16H22ClN3O4. The van der Waals surface area contributed by atoms with Gasteiger partial charge in [-0.3, -0.25) is 14.9 Å². The molecule has 24 heavy (non-hydrogen) atoms. The number of rotatable bonds is 4. The molecule has 132 valence electrons. The van der Waals surface area contributed by atoms with Crippen molar-refractivity contribution in [1.29, 1.82) is 0 Å². The Morgan fingerprint density at radius 1 is 1.21 bits per heavy atom. The zero-order chi connectivity index (χ0) is 16.2. The van der Waals surface area contributed by atoms with Crippen molar-refractivity contribution in [1.82, 2.24) is 10.2 Å². The van der Waals surface area contributed by atoms with Crippen LogP contribution in [0, 0.1) is 10.1 Å². The number of nitro groups is 1. The number of likely N-dealkylation sites (tertiary alicyclic amines) is 1. The van der Waals surface area contributed by atoms with Crippen molar-refractivity contribution in [3.8, 4) is 5.75 Å². The molecular weight excluding hydrogens is 334 g/mol. The molecule has 1 N–H and O–H groups in total. The van der Waals surface area contributed by atoms with Crippen LogP contribution in [0.4, 0.5) is 5.69 Å². The van der Waals surface area contributed by atoms with Gasteiger partial charge in [-0.1, -0.05) is 0 Å². The second-order valence-electron chi connectivity index (χ2n) is 6.04. The normalized spacial score (nSPS) is 21.2. The molecule has 0 radical (unpaired) electrons. The summed E-state index contributed by atoms with van der Waals surface area (Å²) in [6.45, 7) is 2.33. The van der Waals surface area contributed by atoms with Gasteiger partial charge in [0, 0.05) is 38.1 Å². The van der Waals surface area contributed by atoms with Crippen LogP contribution in [0.2, 0.25) is 0 Å². The highest BCUT2D eigenvalue weighted by Crippen LogP contribution is 2.22. The summed E-state index contributed by atoms with van der Waals surface area (Å²) in [6.07, 6.45) is 3.62. The van der Waals surface area contributed by atoms with E-state index in [0.717, 1.165) is 32.2 Å². The lowest BCUT2D eigenvalue weighted by Gasteiger charge is -2.33. The van der Waals surface area contributed by atoms with Crippen LogP contribution in [0.5, 0.6) is 5.75 Å². The van der Waals surface area contributed by atoms with Crippen molar-refractivity contribution in [2.75, 3.05) is 19.6 Å². The first-order valence-electron chi connectivity index (χ1n) is 8.07. The van der Waals surface area contributed by atoms with Gasteiger partial charge in [0.25, 0.3) is 5.69 Å². The fourth-order valence-electron chi connectivity index (χ4n) is 3.15. The Balaban J connectivity index is 0.00000208. The van der Waals surface area contributed by atoms with Crippen molar-refractivity contribution in [2.45, 2.75) is 37.8 Å². The standard InChI is InChI=1S/C16H21N3O4.ClH/c20-16(15-2-1-9-17-15)18-10-7-14(8-11-18)23-13-5-3-12(4-6-13)19(21)22;/h3-6,14-15,17H,1-2,7-11H2;1H. The van der Waals surface area contributed by atoms with Gasteiger partial charge in [-0.15, -0.1) is 12.4 Å². The molecule has 8 heteroatoms. The van der Waals surface area contributed by atoms with Gasteiger partial charge in [0.05, 0.1) is 11.0 Å². The number of non-ortho nitro benzene ring substituents is 1. The van der Waals surface area contributed by atoms with Gasteiger partial charge in [-0.2, -0.15) is 0 Å². The first-order chi connectivity index (χ1) is 11.1. The van der Waals surface area contributed by atoms with Crippen molar-refractivity contribution < 1.29 is 14.5 Å². The maximum Gasteiger partial charge on any atom is 0.269 e. The molecule has 0 spiro atoms. The van der Waals surface area contributed by atoms with Crippen LogP contribution < -0.4 is 10.1 Å². The first kappa shape index (κ1) is 18.5. The van der Waals surface area contributed by atoms with Crippen molar-refractivity contribution in [2.24, 2.45) is 0 Å². The largest absolute Gasteiger partial charge is 0.490 e. The van der Waals surface area contributed by atoms with Gasteiger partial charge in [0.1, 0.15) is 11.9 Å². The molecule has 2 fully saturated rings. The Morgan fingerprint density at radius 3 is 2.42 bits per heavy atom. The number of ether oxygens (including phenoxy) is 1. The van der Waals surface area contributed by atoms with E-state index in [2.05, 4.69) is 5.32 Å². The van der Waals surface area contributed by atoms with E-state index < -0.39 is 4.92 Å². The fourth-order valence-corrected chi connectivity index (χ4v) is 3.15. The number of hydrogen-bond donors (Lipinski definition) is 1. The number of amides is 1. The number of nitrogens with zero attached hydrogens (tertiary/aromatic N) is 2. The number of halogens is 1. The summed E-state index contributed by atoms with van der Waals surface area (Å²) in [5.41, 5.74) is 0.0572. The van der Waals surface area contributed by atoms with E-state index in [9.17, 15) is 14.9 Å². The van der Waals surface area contributed by atoms with Gasteiger partial charge in [0.15, 0.2) is 0 Å². The molecule has 1 amide bonds. The summed E-state index contributed by atoms with van der Waals surface area (Å²) in [5.74, 6) is 0.842. The third kappa shape index (κ3) is 4.36. The Kier molecular flexibility index (Phi) is 6.39. The van der Waals surface area contributed by atoms with Crippen LogP contribution in [0.3, 0.4) is 0 Å². The van der Waals surface area contributed by atoms with Gasteiger partial charge < -0.3 is 15.0 Å². The molecule has 0 aliphatic carbocycles. The van der Waals surface area contributed by atoms with Gasteiger partial charge in [0.2, 0.25) is 5.91 Å². The van der Waals surface area contributed by atoms with Gasteiger partial charge in [-0.25, -0.2) is 0 Å². The van der Waals surface area contributed by atoms with Crippen LogP contribution in [0.25, 0.3) is 0 Å². The highest BCUT2D eigenvalue weighted by Gasteiger charge is 2.30. The number of hydrogen-bond acceptors (Lipinski definition) is 5. The summed E-state index contributed by atoms with van der Waals surface area (Å²) in [5, 5.41) is 13.9. The van der Waals surface area contributed by atoms with E-state index in [1.807, 2.05) is 4.90 Å². The summed E-state index contributed by atoms with van der Waals surface area (Å²) in [4.78, 5) is 24.4. The second kappa shape index (κ2) is 8.30. The predicted molar refractivity (Wildman–Crippen MR) is 91.6 cm³/mol. The van der Waals surface area contributed by atoms with Gasteiger partial charge >= 0.3 is 0 Å². The molecule has 1 unspecified atom stereocenters. The second-order valence-corrected chi connectivity index (χ2v) is 6.04. The maximum absolute atomic E-state index is 12.3. The molecule has 2 saturated heterocycles. The summed E-state index contributed by atoms with van der Waals surface area (Å²) in [7, 11) is 0. The fraction of sp³-hybridized carbons (Fsp3) is 0.562. The van der Waals surface area contributed by atoms with Crippen LogP contribution >= 0.6 is 12.4 Å². The maximum atomic E-state index is 12.3. The van der Waals surface area contributed by atoms with E-state index in [1.165, 1.54) is 12.1 Å². The first-order valence-corrected chi connectivity index (χ1v) is 8.07. The molecule has 1 aromatic carbocycles. The van der Waals surface area contributed by atoms with Crippen molar-refractivity contribution in [3.05, 3.63) is 34.4 Å². The smallest absolute Gasteiger partial charge is 0.269 e. The van der Waals surface area contributed by atoms with E-state index in [0.29, 0.717) is 18.8 Å². The SMILES string of the molecule is Cl.O=C(C1CCCN1)N1CCC(Oc2ccc([N+](=O)[O-])cc2)CC1. The summed E-state index contributed by atoms with van der Waals surface area (Å²) < 4.78 is 5.87. The highest BCUT2D eigenvalue weighted by molar-refractivity contribution is 5.85. The van der Waals surface area contributed by atoms with E-state index in [4.69, 9.17) is 4.74 Å². The Morgan fingerprint density at radius 2 is 1.88 bits per heavy atom. The molecule has 3 rings (SSSR count). The molecule has 2 heterocycles. The number of nitrogens with one attached hydrogen (secondary N) is 1. The number of nitro benzene ring substituents is 1. The van der Waals surface area contributed by atoms with Crippen LogP contribution in [0.15, 0.2) is 24.3 Å². The van der Waals surface area contributed by atoms with E-state index in [-0.39, 0.29) is 36.1 Å². The summed E-state index contributed by atoms with van der Waals surface area (Å²) >= 11 is 0. The number of benzene rings is 1. The minimum absolute atomic E-state index is 0. The van der Waals surface area contributed by atoms with Crippen molar-refractivity contribution in [3.63, 3.8) is 0 Å². The summed E-state index contributed by atoms with van der Waals surface area (Å²) in [6, 6.07) is 6.12. The molecule has 1 aromatic rings. The molecule has 2 aliphatic heterocycles. The van der Waals surface area contributed by atoms with E-state index >= 15 is 0 Å². The number of piperidine rings is 1. The topological polar surface area (TPSA) is 84.7 Å². The molecule has 0 bridgehead atoms. The lowest BCUT2D eigenvalue weighted by atomic mass is 10.1. The molecule has 2 aliphatic rings. The third-order valence-electron chi connectivity index (χ3n) is 4.46. The third-order valence-corrected chi connectivity index (χ3v) is 4.46. The highest BCUT2D eigenvalue weighted by atomic mass is 35.5. The van der Waals surface area contributed by atoms with Gasteiger partial charge in [-0.05, 0) is 31.5 Å². The predicted octanol–water partition coefficient (Wildman–Crippen LogP) is 2.14. The molecule has 1 atom stereocenters. The average Bonchev–Trinajstić information content (AvgIpc) is 3.10. The number of carbonyl (C=O) groups excluding carboxylic acids is 1. The minimum atomic E-state index is -0.426. The lowest BCUT2D eigenvalue weighted by molar-refractivity contribution is -0.384. The number of carbonyl (C=O) groups is 1. The molecule has 0 aromatic heterocycles. The average molecular weight is 356 g/mol. The Labute approximate surface area is 146 Å².